The molecular formula is C16H9F3N2O3. The number of benzene rings is 1. The summed E-state index contributed by atoms with van der Waals surface area (Å²) < 4.78 is 42.8. The minimum Gasteiger partial charge on any atom is -0.477 e. The van der Waals surface area contributed by atoms with Crippen molar-refractivity contribution in [2.75, 3.05) is 0 Å². The van der Waals surface area contributed by atoms with E-state index < -0.39 is 17.8 Å². The first kappa shape index (κ1) is 15.7. The number of pyridine rings is 2. The number of ether oxygens (including phenoxy) is 1. The molecule has 0 fully saturated rings. The number of fused-ring (bicyclic) bond motifs is 1. The van der Waals surface area contributed by atoms with E-state index in [9.17, 15) is 18.0 Å². The second kappa shape index (κ2) is 5.80. The number of halogens is 3. The molecule has 2 aromatic heterocycles. The summed E-state index contributed by atoms with van der Waals surface area (Å²) in [7, 11) is 0. The molecule has 0 bridgehead atoms. The minimum absolute atomic E-state index is 0.0805. The maximum absolute atomic E-state index is 12.5. The normalized spacial score (nSPS) is 11.5. The topological polar surface area (TPSA) is 72.3 Å². The molecule has 5 nitrogen and oxygen atoms in total. The molecule has 0 aliphatic carbocycles. The Morgan fingerprint density at radius 1 is 1.04 bits per heavy atom. The maximum atomic E-state index is 12.5. The van der Waals surface area contributed by atoms with Gasteiger partial charge in [-0.2, -0.15) is 13.2 Å². The third kappa shape index (κ3) is 3.27. The van der Waals surface area contributed by atoms with Crippen molar-refractivity contribution in [3.8, 4) is 11.5 Å². The Hall–Kier alpha value is -3.16. The van der Waals surface area contributed by atoms with Crippen molar-refractivity contribution in [1.82, 2.24) is 9.97 Å². The van der Waals surface area contributed by atoms with Gasteiger partial charge in [-0.05, 0) is 36.4 Å². The van der Waals surface area contributed by atoms with Crippen molar-refractivity contribution in [1.29, 1.82) is 0 Å². The molecule has 122 valence electrons. The fourth-order valence-corrected chi connectivity index (χ4v) is 2.03. The largest absolute Gasteiger partial charge is 0.477 e. The van der Waals surface area contributed by atoms with Crippen LogP contribution in [0.1, 0.15) is 16.2 Å². The molecule has 0 amide bonds. The molecule has 0 saturated heterocycles. The standard InChI is InChI=1S/C16H9F3N2O3/c17-16(18,19)14-6-3-11(8-20-14)24-10-2-5-12-9(7-10)1-4-13(21-12)15(22)23/h1-8H,(H,22,23). The Morgan fingerprint density at radius 2 is 1.79 bits per heavy atom. The van der Waals surface area contributed by atoms with Crippen LogP contribution >= 0.6 is 0 Å². The SMILES string of the molecule is O=C(O)c1ccc2cc(Oc3ccc(C(F)(F)F)nc3)ccc2n1. The number of carboxylic acids is 1. The van der Waals surface area contributed by atoms with Gasteiger partial charge < -0.3 is 9.84 Å². The quantitative estimate of drug-likeness (QED) is 0.779. The maximum Gasteiger partial charge on any atom is 0.433 e. The smallest absolute Gasteiger partial charge is 0.433 e. The van der Waals surface area contributed by atoms with Crippen LogP contribution in [0.2, 0.25) is 0 Å². The van der Waals surface area contributed by atoms with Crippen LogP contribution in [0.15, 0.2) is 48.7 Å². The van der Waals surface area contributed by atoms with Crippen molar-refractivity contribution < 1.29 is 27.8 Å². The first-order valence-corrected chi connectivity index (χ1v) is 6.68. The first-order valence-electron chi connectivity index (χ1n) is 6.68. The molecule has 0 aliphatic rings. The van der Waals surface area contributed by atoms with Gasteiger partial charge in [0.15, 0.2) is 0 Å². The fraction of sp³-hybridized carbons (Fsp3) is 0.0625. The molecule has 0 spiro atoms. The third-order valence-corrected chi connectivity index (χ3v) is 3.14. The van der Waals surface area contributed by atoms with Crippen LogP contribution in [0, 0.1) is 0 Å². The Labute approximate surface area is 133 Å². The average Bonchev–Trinajstić information content (AvgIpc) is 2.54. The zero-order valence-electron chi connectivity index (χ0n) is 11.9. The highest BCUT2D eigenvalue weighted by atomic mass is 19.4. The number of carboxylic acid groups (broad SMARTS) is 1. The summed E-state index contributed by atoms with van der Waals surface area (Å²) in [6.45, 7) is 0. The molecule has 1 aromatic carbocycles. The van der Waals surface area contributed by atoms with E-state index >= 15 is 0 Å². The van der Waals surface area contributed by atoms with Crippen LogP contribution in [0.4, 0.5) is 13.2 Å². The highest BCUT2D eigenvalue weighted by Gasteiger charge is 2.32. The summed E-state index contributed by atoms with van der Waals surface area (Å²) >= 11 is 0. The number of carbonyl (C=O) groups is 1. The Kier molecular flexibility index (Phi) is 3.80. The van der Waals surface area contributed by atoms with Gasteiger partial charge in [0.2, 0.25) is 0 Å². The van der Waals surface area contributed by atoms with Crippen LogP contribution in [-0.4, -0.2) is 21.0 Å². The van der Waals surface area contributed by atoms with E-state index in [4.69, 9.17) is 9.84 Å². The number of aromatic nitrogens is 2. The molecule has 8 heteroatoms. The van der Waals surface area contributed by atoms with Crippen LogP contribution in [0.3, 0.4) is 0 Å². The first-order chi connectivity index (χ1) is 11.3. The molecular weight excluding hydrogens is 325 g/mol. The summed E-state index contributed by atoms with van der Waals surface area (Å²) in [5.74, 6) is -0.612. The number of alkyl halides is 3. The van der Waals surface area contributed by atoms with Crippen LogP contribution in [0.5, 0.6) is 11.5 Å². The van der Waals surface area contributed by atoms with E-state index in [2.05, 4.69) is 9.97 Å². The summed E-state index contributed by atoms with van der Waals surface area (Å²) in [6.07, 6.45) is -3.52. The second-order valence-corrected chi connectivity index (χ2v) is 4.84. The van der Waals surface area contributed by atoms with Crippen LogP contribution in [0.25, 0.3) is 10.9 Å². The molecule has 0 radical (unpaired) electrons. The van der Waals surface area contributed by atoms with E-state index in [1.165, 1.54) is 12.1 Å². The molecule has 0 unspecified atom stereocenters. The van der Waals surface area contributed by atoms with Crippen LogP contribution in [-0.2, 0) is 6.18 Å². The fourth-order valence-electron chi connectivity index (χ4n) is 2.03. The van der Waals surface area contributed by atoms with Gasteiger partial charge in [0, 0.05) is 5.39 Å². The molecule has 24 heavy (non-hydrogen) atoms. The van der Waals surface area contributed by atoms with Crippen molar-refractivity contribution in [2.24, 2.45) is 0 Å². The minimum atomic E-state index is -4.50. The van der Waals surface area contributed by atoms with Gasteiger partial charge >= 0.3 is 12.1 Å². The van der Waals surface area contributed by atoms with E-state index in [0.29, 0.717) is 16.7 Å². The molecule has 2 heterocycles. The van der Waals surface area contributed by atoms with Gasteiger partial charge in [0.25, 0.3) is 0 Å². The summed E-state index contributed by atoms with van der Waals surface area (Å²) in [6, 6.07) is 9.64. The summed E-state index contributed by atoms with van der Waals surface area (Å²) in [5.41, 5.74) is -0.616. The predicted molar refractivity (Wildman–Crippen MR) is 78.0 cm³/mol. The van der Waals surface area contributed by atoms with E-state index in [1.54, 1.807) is 24.3 Å². The van der Waals surface area contributed by atoms with Gasteiger partial charge in [0.05, 0.1) is 11.7 Å². The van der Waals surface area contributed by atoms with Gasteiger partial charge in [-0.1, -0.05) is 6.07 Å². The monoisotopic (exact) mass is 334 g/mol. The lowest BCUT2D eigenvalue weighted by Gasteiger charge is -2.09. The molecule has 3 rings (SSSR count). The Morgan fingerprint density at radius 3 is 2.42 bits per heavy atom. The second-order valence-electron chi connectivity index (χ2n) is 4.84. The van der Waals surface area contributed by atoms with Gasteiger partial charge in [-0.3, -0.25) is 0 Å². The lowest BCUT2D eigenvalue weighted by atomic mass is 10.2. The van der Waals surface area contributed by atoms with Crippen LogP contribution < -0.4 is 4.74 Å². The number of aromatic carboxylic acids is 1. The molecule has 3 aromatic rings. The number of nitrogens with zero attached hydrogens (tertiary/aromatic N) is 2. The number of hydrogen-bond acceptors (Lipinski definition) is 4. The number of hydrogen-bond donors (Lipinski definition) is 1. The lowest BCUT2D eigenvalue weighted by molar-refractivity contribution is -0.141. The van der Waals surface area contributed by atoms with Gasteiger partial charge in [-0.15, -0.1) is 0 Å². The highest BCUT2D eigenvalue weighted by molar-refractivity contribution is 5.90. The Bertz CT molecular complexity index is 909. The van der Waals surface area contributed by atoms with Crippen molar-refractivity contribution >= 4 is 16.9 Å². The molecule has 1 N–H and O–H groups in total. The van der Waals surface area contributed by atoms with Crippen molar-refractivity contribution in [2.45, 2.75) is 6.18 Å². The summed E-state index contributed by atoms with van der Waals surface area (Å²) in [5, 5.41) is 9.54. The third-order valence-electron chi connectivity index (χ3n) is 3.14. The zero-order valence-corrected chi connectivity index (χ0v) is 11.9. The van der Waals surface area contributed by atoms with Crippen molar-refractivity contribution in [3.63, 3.8) is 0 Å². The van der Waals surface area contributed by atoms with Crippen molar-refractivity contribution in [3.05, 3.63) is 60.0 Å². The molecule has 0 saturated carbocycles. The zero-order chi connectivity index (χ0) is 17.3. The van der Waals surface area contributed by atoms with E-state index in [0.717, 1.165) is 12.3 Å². The number of rotatable bonds is 3. The average molecular weight is 334 g/mol. The van der Waals surface area contributed by atoms with E-state index in [1.807, 2.05) is 0 Å². The van der Waals surface area contributed by atoms with E-state index in [-0.39, 0.29) is 11.4 Å². The Balaban J connectivity index is 1.85. The lowest BCUT2D eigenvalue weighted by Crippen LogP contribution is -2.07. The molecule has 0 aliphatic heterocycles. The predicted octanol–water partition coefficient (Wildman–Crippen LogP) is 4.14. The van der Waals surface area contributed by atoms with Gasteiger partial charge in [0.1, 0.15) is 22.9 Å². The molecule has 0 atom stereocenters. The highest BCUT2D eigenvalue weighted by Crippen LogP contribution is 2.30. The van der Waals surface area contributed by atoms with Gasteiger partial charge in [-0.25, -0.2) is 14.8 Å². The summed E-state index contributed by atoms with van der Waals surface area (Å²) in [4.78, 5) is 18.2.